The van der Waals surface area contributed by atoms with Gasteiger partial charge in [0, 0.05) is 10.9 Å². The molecule has 2 aromatic heterocycles. The molecule has 2 heterocycles. The van der Waals surface area contributed by atoms with Crippen molar-refractivity contribution in [1.29, 1.82) is 0 Å². The molecule has 0 unspecified atom stereocenters. The Morgan fingerprint density at radius 1 is 1.19 bits per heavy atom. The molecule has 21 heavy (non-hydrogen) atoms. The lowest BCUT2D eigenvalue weighted by Gasteiger charge is -2.00. The Hall–Kier alpha value is -1.98. The summed E-state index contributed by atoms with van der Waals surface area (Å²) >= 11 is 2.92. The lowest BCUT2D eigenvalue weighted by atomic mass is 10.2. The second kappa shape index (κ2) is 6.20. The van der Waals surface area contributed by atoms with Crippen LogP contribution in [0.4, 0.5) is 0 Å². The summed E-state index contributed by atoms with van der Waals surface area (Å²) in [6.07, 6.45) is 0.314. The average Bonchev–Trinajstić information content (AvgIpc) is 3.16. The van der Waals surface area contributed by atoms with Crippen molar-refractivity contribution >= 4 is 28.5 Å². The Bertz CT molecular complexity index is 746. The van der Waals surface area contributed by atoms with Gasteiger partial charge in [0.2, 0.25) is 0 Å². The van der Waals surface area contributed by atoms with Gasteiger partial charge >= 0.3 is 0 Å². The molecular weight excluding hydrogens is 302 g/mol. The summed E-state index contributed by atoms with van der Waals surface area (Å²) in [6, 6.07) is 11.8. The summed E-state index contributed by atoms with van der Waals surface area (Å²) in [5.74, 6) is 0.695. The lowest BCUT2D eigenvalue weighted by molar-refractivity contribution is 0.0994. The Morgan fingerprint density at radius 3 is 2.76 bits per heavy atom. The monoisotopic (exact) mass is 315 g/mol. The van der Waals surface area contributed by atoms with Crippen LogP contribution in [-0.2, 0) is 6.42 Å². The van der Waals surface area contributed by atoms with Crippen LogP contribution in [0.2, 0.25) is 0 Å². The smallest absolute Gasteiger partial charge is 0.183 e. The number of ketones is 1. The van der Waals surface area contributed by atoms with Gasteiger partial charge < -0.3 is 4.74 Å². The van der Waals surface area contributed by atoms with Crippen LogP contribution in [0.5, 0.6) is 5.75 Å². The Kier molecular flexibility index (Phi) is 4.13. The number of methoxy groups -OCH3 is 1. The van der Waals surface area contributed by atoms with Gasteiger partial charge in [0.25, 0.3) is 0 Å². The molecule has 0 radical (unpaired) electrons. The first-order chi connectivity index (χ1) is 10.3. The van der Waals surface area contributed by atoms with Crippen LogP contribution < -0.4 is 4.74 Å². The number of nitrogens with zero attached hydrogens (tertiary/aromatic N) is 1. The molecule has 0 fully saturated rings. The Morgan fingerprint density at radius 2 is 2.00 bits per heavy atom. The zero-order valence-electron chi connectivity index (χ0n) is 11.4. The van der Waals surface area contributed by atoms with Gasteiger partial charge in [-0.15, -0.1) is 22.7 Å². The summed E-state index contributed by atoms with van der Waals surface area (Å²) < 4.78 is 5.19. The van der Waals surface area contributed by atoms with Crippen molar-refractivity contribution in [2.45, 2.75) is 6.42 Å². The second-order valence-electron chi connectivity index (χ2n) is 4.41. The van der Waals surface area contributed by atoms with Gasteiger partial charge in [-0.3, -0.25) is 4.79 Å². The summed E-state index contributed by atoms with van der Waals surface area (Å²) in [6.45, 7) is 0. The molecule has 0 spiro atoms. The first-order valence-electron chi connectivity index (χ1n) is 6.42. The fourth-order valence-electron chi connectivity index (χ4n) is 2.01. The third-order valence-electron chi connectivity index (χ3n) is 3.04. The number of hydrogen-bond donors (Lipinski definition) is 0. The number of carbonyl (C=O) groups is 1. The molecule has 0 amide bonds. The van der Waals surface area contributed by atoms with E-state index in [2.05, 4.69) is 4.98 Å². The molecule has 0 N–H and O–H groups in total. The third kappa shape index (κ3) is 3.04. The molecule has 3 rings (SSSR count). The van der Waals surface area contributed by atoms with Crippen LogP contribution in [0.15, 0.2) is 47.2 Å². The quantitative estimate of drug-likeness (QED) is 0.659. The van der Waals surface area contributed by atoms with Crippen molar-refractivity contribution in [3.05, 3.63) is 57.0 Å². The van der Waals surface area contributed by atoms with E-state index in [9.17, 15) is 4.79 Å². The number of thiophene rings is 1. The largest absolute Gasteiger partial charge is 0.495 e. The summed E-state index contributed by atoms with van der Waals surface area (Å²) in [4.78, 5) is 17.5. The zero-order chi connectivity index (χ0) is 14.7. The van der Waals surface area contributed by atoms with Gasteiger partial charge in [0.05, 0.1) is 19.2 Å². The van der Waals surface area contributed by atoms with Crippen LogP contribution in [0.25, 0.3) is 11.3 Å². The van der Waals surface area contributed by atoms with Gasteiger partial charge in [-0.25, -0.2) is 4.98 Å². The molecule has 106 valence electrons. The predicted molar refractivity (Wildman–Crippen MR) is 86.5 cm³/mol. The van der Waals surface area contributed by atoms with E-state index in [1.807, 2.05) is 47.2 Å². The van der Waals surface area contributed by atoms with E-state index in [0.717, 1.165) is 16.3 Å². The number of ether oxygens (including phenoxy) is 1. The minimum atomic E-state index is 0.0517. The number of carbonyl (C=O) groups excluding carboxylic acids is 1. The number of aromatic nitrogens is 1. The van der Waals surface area contributed by atoms with Crippen LogP contribution in [0.1, 0.15) is 14.7 Å². The molecule has 0 saturated heterocycles. The van der Waals surface area contributed by atoms with Crippen LogP contribution in [-0.4, -0.2) is 17.9 Å². The molecule has 0 aliphatic carbocycles. The average molecular weight is 315 g/mol. The molecule has 0 atom stereocenters. The first kappa shape index (κ1) is 14.0. The maximum Gasteiger partial charge on any atom is 0.183 e. The maximum atomic E-state index is 12.3. The fourth-order valence-corrected chi connectivity index (χ4v) is 3.61. The Balaban J connectivity index is 1.77. The van der Waals surface area contributed by atoms with Crippen molar-refractivity contribution in [2.24, 2.45) is 0 Å². The first-order valence-corrected chi connectivity index (χ1v) is 8.18. The molecule has 3 nitrogen and oxygen atoms in total. The molecule has 5 heteroatoms. The van der Waals surface area contributed by atoms with Gasteiger partial charge in [0.1, 0.15) is 15.6 Å². The maximum absolute atomic E-state index is 12.3. The summed E-state index contributed by atoms with van der Waals surface area (Å²) in [5, 5.41) is 4.68. The predicted octanol–water partition coefficient (Wildman–Crippen LogP) is 4.31. The molecule has 0 aliphatic heterocycles. The highest BCUT2D eigenvalue weighted by Crippen LogP contribution is 2.27. The lowest BCUT2D eigenvalue weighted by Crippen LogP contribution is -2.02. The SMILES string of the molecule is COc1ccsc1C(=O)Cc1nc(-c2ccccc2)cs1. The number of benzene rings is 1. The molecule has 1 aromatic carbocycles. The van der Waals surface area contributed by atoms with Crippen molar-refractivity contribution in [2.75, 3.05) is 7.11 Å². The Labute approximate surface area is 130 Å². The van der Waals surface area contributed by atoms with Gasteiger partial charge in [0.15, 0.2) is 5.78 Å². The number of hydrogen-bond acceptors (Lipinski definition) is 5. The van der Waals surface area contributed by atoms with Crippen molar-refractivity contribution < 1.29 is 9.53 Å². The van der Waals surface area contributed by atoms with E-state index in [1.54, 1.807) is 7.11 Å². The summed E-state index contributed by atoms with van der Waals surface area (Å²) in [5.41, 5.74) is 1.99. The molecule has 3 aromatic rings. The van der Waals surface area contributed by atoms with E-state index in [1.165, 1.54) is 22.7 Å². The third-order valence-corrected chi connectivity index (χ3v) is 4.82. The standard InChI is InChI=1S/C16H13NO2S2/c1-19-14-7-8-20-16(14)13(18)9-15-17-12(10-21-15)11-5-3-2-4-6-11/h2-8,10H,9H2,1H3. The van der Waals surface area contributed by atoms with Gasteiger partial charge in [-0.05, 0) is 11.4 Å². The van der Waals surface area contributed by atoms with E-state index in [-0.39, 0.29) is 5.78 Å². The zero-order valence-corrected chi connectivity index (χ0v) is 13.0. The highest BCUT2D eigenvalue weighted by atomic mass is 32.1. The minimum Gasteiger partial charge on any atom is -0.495 e. The topological polar surface area (TPSA) is 39.2 Å². The molecule has 0 bridgehead atoms. The van der Waals surface area contributed by atoms with E-state index >= 15 is 0 Å². The van der Waals surface area contributed by atoms with Crippen molar-refractivity contribution in [1.82, 2.24) is 4.98 Å². The highest BCUT2D eigenvalue weighted by Gasteiger charge is 2.16. The van der Waals surface area contributed by atoms with E-state index in [4.69, 9.17) is 4.74 Å². The summed E-state index contributed by atoms with van der Waals surface area (Å²) in [7, 11) is 1.58. The highest BCUT2D eigenvalue weighted by molar-refractivity contribution is 7.12. The van der Waals surface area contributed by atoms with Crippen LogP contribution >= 0.6 is 22.7 Å². The minimum absolute atomic E-state index is 0.0517. The van der Waals surface area contributed by atoms with Gasteiger partial charge in [-0.2, -0.15) is 0 Å². The normalized spacial score (nSPS) is 10.5. The van der Waals surface area contributed by atoms with Crippen LogP contribution in [0, 0.1) is 0 Å². The molecular formula is C16H13NO2S2. The van der Waals surface area contributed by atoms with E-state index < -0.39 is 0 Å². The number of thiazole rings is 1. The number of rotatable bonds is 5. The van der Waals surface area contributed by atoms with Gasteiger partial charge in [-0.1, -0.05) is 30.3 Å². The van der Waals surface area contributed by atoms with Crippen LogP contribution in [0.3, 0.4) is 0 Å². The second-order valence-corrected chi connectivity index (χ2v) is 6.27. The molecule has 0 aliphatic rings. The van der Waals surface area contributed by atoms with E-state index in [0.29, 0.717) is 17.0 Å². The fraction of sp³-hybridized carbons (Fsp3) is 0.125. The molecule has 0 saturated carbocycles. The number of Topliss-reactive ketones (excluding diaryl/α,β-unsaturated/α-hetero) is 1. The van der Waals surface area contributed by atoms with Crippen molar-refractivity contribution in [3.8, 4) is 17.0 Å². The van der Waals surface area contributed by atoms with Crippen molar-refractivity contribution in [3.63, 3.8) is 0 Å².